The van der Waals surface area contributed by atoms with E-state index in [0.29, 0.717) is 12.2 Å². The normalized spacial score (nSPS) is 15.0. The third-order valence-electron chi connectivity index (χ3n) is 5.77. The number of rotatable bonds is 8. The fraction of sp³-hybridized carbons (Fsp3) is 0.400. The summed E-state index contributed by atoms with van der Waals surface area (Å²) in [4.78, 5) is 8.67. The van der Waals surface area contributed by atoms with Gasteiger partial charge in [0.1, 0.15) is 17.7 Å². The van der Waals surface area contributed by atoms with E-state index in [0.717, 1.165) is 40.1 Å². The van der Waals surface area contributed by atoms with Gasteiger partial charge in [-0.15, -0.1) is 0 Å². The van der Waals surface area contributed by atoms with E-state index in [2.05, 4.69) is 30.7 Å². The van der Waals surface area contributed by atoms with Crippen molar-refractivity contribution in [1.29, 1.82) is 0 Å². The molecule has 2 unspecified atom stereocenters. The molecule has 0 spiro atoms. The Morgan fingerprint density at radius 1 is 1.03 bits per heavy atom. The predicted molar refractivity (Wildman–Crippen MR) is 124 cm³/mol. The number of hydrogen-bond donors (Lipinski definition) is 2. The van der Waals surface area contributed by atoms with Crippen molar-refractivity contribution in [1.82, 2.24) is 9.97 Å². The van der Waals surface area contributed by atoms with Gasteiger partial charge in [-0.1, -0.05) is 63.6 Å². The molecule has 0 saturated carbocycles. The van der Waals surface area contributed by atoms with Gasteiger partial charge in [-0.25, -0.2) is 4.98 Å². The average Bonchev–Trinajstić information content (AvgIpc) is 3.17. The average molecular weight is 425 g/mol. The molecular formula is C25H32N2O2S. The second kappa shape index (κ2) is 8.96. The molecule has 0 radical (unpaired) electrons. The number of aromatic amines is 1. The summed E-state index contributed by atoms with van der Waals surface area (Å²) in [6.07, 6.45) is 6.02. The van der Waals surface area contributed by atoms with Crippen molar-refractivity contribution in [3.8, 4) is 11.1 Å². The van der Waals surface area contributed by atoms with Crippen LogP contribution in [-0.2, 0) is 29.6 Å². The molecule has 2 atom stereocenters. The molecule has 3 rings (SSSR count). The van der Waals surface area contributed by atoms with E-state index < -0.39 is 16.8 Å². The molecule has 5 heteroatoms. The van der Waals surface area contributed by atoms with Gasteiger partial charge in [0.2, 0.25) is 0 Å². The Morgan fingerprint density at radius 2 is 1.70 bits per heavy atom. The maximum atomic E-state index is 12.0. The van der Waals surface area contributed by atoms with Crippen LogP contribution >= 0.6 is 0 Å². The third kappa shape index (κ3) is 5.34. The summed E-state index contributed by atoms with van der Waals surface area (Å²) in [5, 5.41) is 11.1. The molecule has 0 fully saturated rings. The van der Waals surface area contributed by atoms with Crippen LogP contribution in [0.25, 0.3) is 11.1 Å². The van der Waals surface area contributed by atoms with Crippen LogP contribution in [0.2, 0.25) is 0 Å². The maximum absolute atomic E-state index is 12.0. The van der Waals surface area contributed by atoms with Gasteiger partial charge in [-0.05, 0) is 53.2 Å². The largest absolute Gasteiger partial charge is 0.612 e. The van der Waals surface area contributed by atoms with Gasteiger partial charge in [0.15, 0.2) is 4.90 Å². The summed E-state index contributed by atoms with van der Waals surface area (Å²) in [6, 6.07) is 15.8. The van der Waals surface area contributed by atoms with Gasteiger partial charge in [0, 0.05) is 18.2 Å². The molecule has 0 amide bonds. The summed E-state index contributed by atoms with van der Waals surface area (Å²) in [5.41, 5.74) is 3.10. The Labute approximate surface area is 183 Å². The first-order valence-corrected chi connectivity index (χ1v) is 12.0. The fourth-order valence-corrected chi connectivity index (χ4v) is 4.35. The number of nitrogens with zero attached hydrogens (tertiary/aromatic N) is 1. The van der Waals surface area contributed by atoms with Crippen molar-refractivity contribution >= 4 is 11.2 Å². The number of nitrogens with one attached hydrogen (secondary N) is 1. The van der Waals surface area contributed by atoms with Crippen molar-refractivity contribution in [2.24, 2.45) is 5.41 Å². The van der Waals surface area contributed by atoms with Gasteiger partial charge < -0.3 is 14.6 Å². The highest BCUT2D eigenvalue weighted by molar-refractivity contribution is 7.90. The van der Waals surface area contributed by atoms with Crippen molar-refractivity contribution in [3.05, 3.63) is 71.8 Å². The molecule has 0 bridgehead atoms. The van der Waals surface area contributed by atoms with Gasteiger partial charge in [0.25, 0.3) is 0 Å². The molecule has 1 aromatic heterocycles. The van der Waals surface area contributed by atoms with Crippen LogP contribution in [0.15, 0.2) is 59.6 Å². The summed E-state index contributed by atoms with van der Waals surface area (Å²) in [6.45, 7) is 8.44. The smallest absolute Gasteiger partial charge is 0.160 e. The third-order valence-corrected chi connectivity index (χ3v) is 6.74. The molecule has 3 aromatic rings. The summed E-state index contributed by atoms with van der Waals surface area (Å²) in [5.74, 6) is 0.597. The Bertz CT molecular complexity index is 975. The molecule has 160 valence electrons. The highest BCUT2D eigenvalue weighted by Gasteiger charge is 2.28. The maximum Gasteiger partial charge on any atom is 0.160 e. The van der Waals surface area contributed by atoms with Crippen LogP contribution < -0.4 is 0 Å². The van der Waals surface area contributed by atoms with Crippen LogP contribution in [-0.4, -0.2) is 25.9 Å². The second-order valence-corrected chi connectivity index (χ2v) is 10.4. The van der Waals surface area contributed by atoms with E-state index in [4.69, 9.17) is 0 Å². The molecule has 0 aliphatic carbocycles. The number of aliphatic hydroxyl groups is 1. The number of benzene rings is 2. The van der Waals surface area contributed by atoms with E-state index in [1.165, 1.54) is 0 Å². The minimum Gasteiger partial charge on any atom is -0.612 e. The quantitative estimate of drug-likeness (QED) is 0.486. The predicted octanol–water partition coefficient (Wildman–Crippen LogP) is 5.24. The Kier molecular flexibility index (Phi) is 6.75. The lowest BCUT2D eigenvalue weighted by molar-refractivity contribution is 0.0488. The standard InChI is InChI=1S/C25H32N2O2S/c1-6-24(2,3)16-20-17-26-23(27-20)25(4,28)15-18-11-13-19(14-12-18)21-9-7-8-10-22(21)30(5)29/h7-14,17,28H,6,15-16H2,1-5H3,(H,26,27). The first-order valence-electron chi connectivity index (χ1n) is 10.4. The first kappa shape index (κ1) is 22.6. The second-order valence-electron chi connectivity index (χ2n) is 9.03. The molecule has 2 aromatic carbocycles. The Hall–Kier alpha value is -2.08. The highest BCUT2D eigenvalue weighted by atomic mass is 32.2. The lowest BCUT2D eigenvalue weighted by atomic mass is 9.85. The minimum absolute atomic E-state index is 0.187. The van der Waals surface area contributed by atoms with Crippen molar-refractivity contribution in [2.75, 3.05) is 6.26 Å². The Morgan fingerprint density at radius 3 is 2.33 bits per heavy atom. The number of hydrogen-bond acceptors (Lipinski definition) is 3. The number of aromatic nitrogens is 2. The van der Waals surface area contributed by atoms with Crippen LogP contribution in [0.4, 0.5) is 0 Å². The fourth-order valence-electron chi connectivity index (χ4n) is 3.58. The first-order chi connectivity index (χ1) is 14.1. The molecule has 30 heavy (non-hydrogen) atoms. The van der Waals surface area contributed by atoms with Crippen molar-refractivity contribution in [3.63, 3.8) is 0 Å². The van der Waals surface area contributed by atoms with E-state index in [-0.39, 0.29) is 5.41 Å². The van der Waals surface area contributed by atoms with Crippen molar-refractivity contribution < 1.29 is 9.66 Å². The molecule has 0 aliphatic rings. The van der Waals surface area contributed by atoms with E-state index in [9.17, 15) is 9.66 Å². The minimum atomic E-state index is -1.08. The lowest BCUT2D eigenvalue weighted by Crippen LogP contribution is -2.26. The zero-order valence-electron chi connectivity index (χ0n) is 18.5. The van der Waals surface area contributed by atoms with Gasteiger partial charge in [-0.3, -0.25) is 0 Å². The molecule has 0 saturated heterocycles. The highest BCUT2D eigenvalue weighted by Crippen LogP contribution is 2.30. The van der Waals surface area contributed by atoms with E-state index in [1.54, 1.807) is 13.2 Å². The zero-order valence-corrected chi connectivity index (χ0v) is 19.3. The van der Waals surface area contributed by atoms with E-state index >= 15 is 0 Å². The molecule has 4 nitrogen and oxygen atoms in total. The van der Waals surface area contributed by atoms with Crippen molar-refractivity contribution in [2.45, 2.75) is 57.5 Å². The van der Waals surface area contributed by atoms with Crippen LogP contribution in [0.5, 0.6) is 0 Å². The molecular weight excluding hydrogens is 392 g/mol. The van der Waals surface area contributed by atoms with Gasteiger partial charge in [-0.2, -0.15) is 0 Å². The van der Waals surface area contributed by atoms with Crippen LogP contribution in [0.1, 0.15) is 51.2 Å². The molecule has 1 heterocycles. The molecule has 0 aliphatic heterocycles. The van der Waals surface area contributed by atoms with Gasteiger partial charge in [0.05, 0.1) is 5.69 Å². The summed E-state index contributed by atoms with van der Waals surface area (Å²) < 4.78 is 12.0. The Balaban J connectivity index is 1.76. The zero-order chi connectivity index (χ0) is 21.9. The SMILES string of the molecule is CCC(C)(C)Cc1c[nH]c(C(C)(O)Cc2ccc(-c3ccccc3[S+](C)[O-])cc2)n1. The number of H-pyrrole nitrogens is 1. The van der Waals surface area contributed by atoms with Crippen LogP contribution in [0, 0.1) is 5.41 Å². The lowest BCUT2D eigenvalue weighted by Gasteiger charge is -2.22. The summed E-state index contributed by atoms with van der Waals surface area (Å²) in [7, 11) is 0. The van der Waals surface area contributed by atoms with E-state index in [1.807, 2.05) is 54.7 Å². The van der Waals surface area contributed by atoms with Crippen LogP contribution in [0.3, 0.4) is 0 Å². The monoisotopic (exact) mass is 424 g/mol. The summed E-state index contributed by atoms with van der Waals surface area (Å²) >= 11 is -1.05. The van der Waals surface area contributed by atoms with Gasteiger partial charge >= 0.3 is 0 Å². The number of imidazole rings is 1. The topological polar surface area (TPSA) is 72.0 Å². The molecule has 2 N–H and O–H groups in total.